The molecule has 1 aromatic carbocycles. The highest BCUT2D eigenvalue weighted by Crippen LogP contribution is 2.03. The third-order valence-corrected chi connectivity index (χ3v) is 1.79. The van der Waals surface area contributed by atoms with E-state index in [-0.39, 0.29) is 6.61 Å². The molecular weight excluding hydrogens is 198 g/mol. The van der Waals surface area contributed by atoms with Crippen molar-refractivity contribution >= 4 is 11.9 Å². The number of hydrogen-bond acceptors (Lipinski definition) is 4. The Bertz CT molecular complexity index is 358. The Morgan fingerprint density at radius 1 is 1.27 bits per heavy atom. The predicted molar refractivity (Wildman–Crippen MR) is 49.7 cm³/mol. The van der Waals surface area contributed by atoms with Crippen molar-refractivity contribution in [2.24, 2.45) is 0 Å². The summed E-state index contributed by atoms with van der Waals surface area (Å²) in [5.74, 6) is -1.82. The number of aliphatic carboxylic acids is 1. The van der Waals surface area contributed by atoms with E-state index in [0.717, 1.165) is 0 Å². The smallest absolute Gasteiger partial charge is 0.251 e. The van der Waals surface area contributed by atoms with Crippen LogP contribution in [-0.4, -0.2) is 23.5 Å². The van der Waals surface area contributed by atoms with Crippen molar-refractivity contribution in [2.45, 2.75) is 6.61 Å². The summed E-state index contributed by atoms with van der Waals surface area (Å²) in [5.41, 5.74) is 1.03. The zero-order valence-corrected chi connectivity index (χ0v) is 7.90. The molecule has 1 rings (SSSR count). The lowest BCUT2D eigenvalue weighted by molar-refractivity contribution is -0.303. The molecule has 0 atom stereocenters. The van der Waals surface area contributed by atoms with Gasteiger partial charge in [-0.25, -0.2) is 0 Å². The molecule has 0 aliphatic heterocycles. The summed E-state index contributed by atoms with van der Waals surface area (Å²) in [6.07, 6.45) is 0. The number of aliphatic hydroxyl groups is 1. The molecule has 15 heavy (non-hydrogen) atoms. The van der Waals surface area contributed by atoms with E-state index in [1.807, 2.05) is 0 Å². The summed E-state index contributed by atoms with van der Waals surface area (Å²) in [4.78, 5) is 21.4. The van der Waals surface area contributed by atoms with Gasteiger partial charge in [0.25, 0.3) is 5.91 Å². The Balaban J connectivity index is 2.62. The van der Waals surface area contributed by atoms with Crippen LogP contribution in [0.5, 0.6) is 0 Å². The average molecular weight is 208 g/mol. The van der Waals surface area contributed by atoms with Gasteiger partial charge in [-0.2, -0.15) is 0 Å². The van der Waals surface area contributed by atoms with Crippen molar-refractivity contribution in [3.8, 4) is 0 Å². The molecular formula is C10H10NO4-. The monoisotopic (exact) mass is 208 g/mol. The molecule has 0 fully saturated rings. The minimum absolute atomic E-state index is 0.0963. The van der Waals surface area contributed by atoms with Gasteiger partial charge in [0, 0.05) is 5.56 Å². The van der Waals surface area contributed by atoms with Gasteiger partial charge in [-0.1, -0.05) is 12.1 Å². The molecule has 0 aliphatic carbocycles. The third kappa shape index (κ3) is 3.40. The number of amides is 1. The Labute approximate surface area is 86.4 Å². The van der Waals surface area contributed by atoms with E-state index >= 15 is 0 Å². The second-order valence-electron chi connectivity index (χ2n) is 2.91. The standard InChI is InChI=1S/C10H11NO4/c12-6-7-1-3-8(4-2-7)10(15)11-5-9(13)14/h1-4,12H,5-6H2,(H,11,15)(H,13,14)/p-1. The molecule has 1 amide bonds. The number of nitrogens with one attached hydrogen (secondary N) is 1. The molecule has 0 unspecified atom stereocenters. The molecule has 80 valence electrons. The Hall–Kier alpha value is -1.88. The molecule has 0 radical (unpaired) electrons. The van der Waals surface area contributed by atoms with Crippen LogP contribution in [0.2, 0.25) is 0 Å². The van der Waals surface area contributed by atoms with Crippen LogP contribution in [-0.2, 0) is 11.4 Å². The fourth-order valence-electron chi connectivity index (χ4n) is 1.02. The first-order chi connectivity index (χ1) is 7.13. The van der Waals surface area contributed by atoms with Crippen LogP contribution in [0.4, 0.5) is 0 Å². The van der Waals surface area contributed by atoms with Gasteiger partial charge in [-0.15, -0.1) is 0 Å². The van der Waals surface area contributed by atoms with Crippen LogP contribution in [0, 0.1) is 0 Å². The highest BCUT2D eigenvalue weighted by molar-refractivity contribution is 5.95. The van der Waals surface area contributed by atoms with Crippen LogP contribution in [0.25, 0.3) is 0 Å². The van der Waals surface area contributed by atoms with E-state index in [1.165, 1.54) is 12.1 Å². The lowest BCUT2D eigenvalue weighted by Crippen LogP contribution is -2.37. The summed E-state index contributed by atoms with van der Waals surface area (Å²) < 4.78 is 0. The van der Waals surface area contributed by atoms with Gasteiger partial charge < -0.3 is 20.3 Å². The predicted octanol–water partition coefficient (Wildman–Crippen LogP) is -1.34. The average Bonchev–Trinajstić information content (AvgIpc) is 2.26. The number of hydrogen-bond donors (Lipinski definition) is 2. The molecule has 0 bridgehead atoms. The van der Waals surface area contributed by atoms with Gasteiger partial charge >= 0.3 is 0 Å². The van der Waals surface area contributed by atoms with E-state index in [0.29, 0.717) is 11.1 Å². The zero-order valence-electron chi connectivity index (χ0n) is 7.90. The molecule has 0 saturated heterocycles. The number of benzene rings is 1. The van der Waals surface area contributed by atoms with Crippen LogP contribution in [0.3, 0.4) is 0 Å². The van der Waals surface area contributed by atoms with E-state index in [9.17, 15) is 14.7 Å². The number of carbonyl (C=O) groups excluding carboxylic acids is 2. The van der Waals surface area contributed by atoms with Crippen LogP contribution >= 0.6 is 0 Å². The number of aliphatic hydroxyl groups excluding tert-OH is 1. The van der Waals surface area contributed by atoms with Gasteiger partial charge in [-0.3, -0.25) is 4.79 Å². The molecule has 0 heterocycles. The minimum atomic E-state index is -1.34. The summed E-state index contributed by atoms with van der Waals surface area (Å²) in [5, 5.41) is 21.0. The van der Waals surface area contributed by atoms with Crippen molar-refractivity contribution < 1.29 is 19.8 Å². The molecule has 5 nitrogen and oxygen atoms in total. The van der Waals surface area contributed by atoms with E-state index < -0.39 is 18.4 Å². The lowest BCUT2D eigenvalue weighted by atomic mass is 10.1. The van der Waals surface area contributed by atoms with Crippen LogP contribution < -0.4 is 10.4 Å². The maximum Gasteiger partial charge on any atom is 0.251 e. The molecule has 0 aliphatic rings. The Morgan fingerprint density at radius 2 is 1.87 bits per heavy atom. The summed E-state index contributed by atoms with van der Waals surface area (Å²) in [7, 11) is 0. The second kappa shape index (κ2) is 5.11. The van der Waals surface area contributed by atoms with Gasteiger partial charge in [0.2, 0.25) is 0 Å². The van der Waals surface area contributed by atoms with Crippen molar-refractivity contribution in [1.82, 2.24) is 5.32 Å². The third-order valence-electron chi connectivity index (χ3n) is 1.79. The first-order valence-electron chi connectivity index (χ1n) is 4.31. The fraction of sp³-hybridized carbons (Fsp3) is 0.200. The second-order valence-corrected chi connectivity index (χ2v) is 2.91. The lowest BCUT2D eigenvalue weighted by Gasteiger charge is -2.05. The highest BCUT2D eigenvalue weighted by atomic mass is 16.4. The van der Waals surface area contributed by atoms with Crippen LogP contribution in [0.1, 0.15) is 15.9 Å². The van der Waals surface area contributed by atoms with Crippen molar-refractivity contribution in [1.29, 1.82) is 0 Å². The molecule has 1 aromatic rings. The topological polar surface area (TPSA) is 89.5 Å². The van der Waals surface area contributed by atoms with E-state index in [2.05, 4.69) is 5.32 Å². The number of carboxylic acids is 1. The van der Waals surface area contributed by atoms with Crippen molar-refractivity contribution in [2.75, 3.05) is 6.54 Å². The largest absolute Gasteiger partial charge is 0.548 e. The quantitative estimate of drug-likeness (QED) is 0.640. The maximum absolute atomic E-state index is 11.3. The minimum Gasteiger partial charge on any atom is -0.548 e. The summed E-state index contributed by atoms with van der Waals surface area (Å²) >= 11 is 0. The van der Waals surface area contributed by atoms with E-state index in [1.54, 1.807) is 12.1 Å². The van der Waals surface area contributed by atoms with Gasteiger partial charge in [0.1, 0.15) is 0 Å². The van der Waals surface area contributed by atoms with Crippen molar-refractivity contribution in [3.63, 3.8) is 0 Å². The SMILES string of the molecule is O=C([O-])CNC(=O)c1ccc(CO)cc1. The molecule has 0 aromatic heterocycles. The Kier molecular flexibility index (Phi) is 3.82. The van der Waals surface area contributed by atoms with Gasteiger partial charge in [0.15, 0.2) is 0 Å². The molecule has 0 saturated carbocycles. The first kappa shape index (κ1) is 11.2. The maximum atomic E-state index is 11.3. The number of carbonyl (C=O) groups is 2. The Morgan fingerprint density at radius 3 is 2.33 bits per heavy atom. The van der Waals surface area contributed by atoms with Crippen LogP contribution in [0.15, 0.2) is 24.3 Å². The van der Waals surface area contributed by atoms with Gasteiger partial charge in [-0.05, 0) is 17.7 Å². The normalized spacial score (nSPS) is 9.67. The number of rotatable bonds is 4. The zero-order chi connectivity index (χ0) is 11.3. The summed E-state index contributed by atoms with van der Waals surface area (Å²) in [6, 6.07) is 6.20. The van der Waals surface area contributed by atoms with E-state index in [4.69, 9.17) is 5.11 Å². The molecule has 2 N–H and O–H groups in total. The first-order valence-corrected chi connectivity index (χ1v) is 4.31. The molecule has 5 heteroatoms. The van der Waals surface area contributed by atoms with Crippen molar-refractivity contribution in [3.05, 3.63) is 35.4 Å². The van der Waals surface area contributed by atoms with Gasteiger partial charge in [0.05, 0.1) is 19.1 Å². The fourth-order valence-corrected chi connectivity index (χ4v) is 1.02. The highest BCUT2D eigenvalue weighted by Gasteiger charge is 2.03. The number of carboxylic acid groups (broad SMARTS) is 1. The summed E-state index contributed by atoms with van der Waals surface area (Å²) in [6.45, 7) is -0.610. The molecule has 0 spiro atoms.